The fraction of sp³-hybridized carbons (Fsp3) is 0.500. The van der Waals surface area contributed by atoms with Gasteiger partial charge in [-0.25, -0.2) is 0 Å². The quantitative estimate of drug-likeness (QED) is 0.775. The van der Waals surface area contributed by atoms with Crippen LogP contribution in [-0.2, 0) is 0 Å². The standard InChI is InChI=1S/C16H23NO/c1-4-5-12(2)17-15-10-14(11-15)13-6-8-16(18-3)9-7-13/h4,6-9,12,14-15,17H,1,5,10-11H2,2-3H3. The van der Waals surface area contributed by atoms with Crippen LogP contribution >= 0.6 is 0 Å². The monoisotopic (exact) mass is 245 g/mol. The van der Waals surface area contributed by atoms with E-state index >= 15 is 0 Å². The maximum absolute atomic E-state index is 5.18. The van der Waals surface area contributed by atoms with Gasteiger partial charge in [-0.05, 0) is 49.8 Å². The van der Waals surface area contributed by atoms with E-state index in [1.807, 2.05) is 6.08 Å². The van der Waals surface area contributed by atoms with Crippen LogP contribution in [0, 0.1) is 0 Å². The van der Waals surface area contributed by atoms with Crippen molar-refractivity contribution < 1.29 is 4.74 Å². The number of methoxy groups -OCH3 is 1. The molecule has 2 rings (SSSR count). The Morgan fingerprint density at radius 2 is 2.06 bits per heavy atom. The normalized spacial score (nSPS) is 24.1. The fourth-order valence-electron chi connectivity index (χ4n) is 2.62. The van der Waals surface area contributed by atoms with E-state index in [1.54, 1.807) is 7.11 Å². The molecule has 2 heteroatoms. The molecule has 0 aromatic heterocycles. The predicted molar refractivity (Wildman–Crippen MR) is 76.2 cm³/mol. The first-order valence-electron chi connectivity index (χ1n) is 6.73. The van der Waals surface area contributed by atoms with Gasteiger partial charge in [0.25, 0.3) is 0 Å². The van der Waals surface area contributed by atoms with Crippen molar-refractivity contribution in [2.24, 2.45) is 0 Å². The average molecular weight is 245 g/mol. The topological polar surface area (TPSA) is 21.3 Å². The molecule has 1 unspecified atom stereocenters. The Morgan fingerprint density at radius 1 is 1.39 bits per heavy atom. The summed E-state index contributed by atoms with van der Waals surface area (Å²) in [6, 6.07) is 9.70. The van der Waals surface area contributed by atoms with E-state index in [-0.39, 0.29) is 0 Å². The van der Waals surface area contributed by atoms with E-state index in [1.165, 1.54) is 18.4 Å². The Hall–Kier alpha value is -1.28. The van der Waals surface area contributed by atoms with Crippen molar-refractivity contribution in [2.75, 3.05) is 7.11 Å². The molecule has 1 fully saturated rings. The molecule has 0 spiro atoms. The summed E-state index contributed by atoms with van der Waals surface area (Å²) in [6.45, 7) is 6.00. The van der Waals surface area contributed by atoms with Crippen molar-refractivity contribution in [1.29, 1.82) is 0 Å². The molecule has 1 aromatic rings. The molecule has 1 aliphatic rings. The smallest absolute Gasteiger partial charge is 0.118 e. The lowest BCUT2D eigenvalue weighted by Gasteiger charge is -2.38. The zero-order valence-electron chi connectivity index (χ0n) is 11.4. The second-order valence-corrected chi connectivity index (χ2v) is 5.23. The van der Waals surface area contributed by atoms with E-state index < -0.39 is 0 Å². The number of rotatable bonds is 6. The molecule has 0 saturated heterocycles. The summed E-state index contributed by atoms with van der Waals surface area (Å²) >= 11 is 0. The molecule has 1 saturated carbocycles. The first-order valence-corrected chi connectivity index (χ1v) is 6.73. The van der Waals surface area contributed by atoms with E-state index in [0.29, 0.717) is 18.0 Å². The van der Waals surface area contributed by atoms with Gasteiger partial charge in [0, 0.05) is 12.1 Å². The Bertz CT molecular complexity index is 379. The average Bonchev–Trinajstić information content (AvgIpc) is 2.34. The van der Waals surface area contributed by atoms with E-state index in [2.05, 4.69) is 43.1 Å². The second kappa shape index (κ2) is 6.05. The first kappa shape index (κ1) is 13.2. The van der Waals surface area contributed by atoms with Crippen LogP contribution in [0.25, 0.3) is 0 Å². The summed E-state index contributed by atoms with van der Waals surface area (Å²) in [4.78, 5) is 0. The van der Waals surface area contributed by atoms with Gasteiger partial charge in [-0.2, -0.15) is 0 Å². The molecule has 98 valence electrons. The lowest BCUT2D eigenvalue weighted by Crippen LogP contribution is -2.44. The molecule has 0 radical (unpaired) electrons. The van der Waals surface area contributed by atoms with Gasteiger partial charge < -0.3 is 10.1 Å². The lowest BCUT2D eigenvalue weighted by molar-refractivity contribution is 0.270. The third kappa shape index (κ3) is 3.14. The highest BCUT2D eigenvalue weighted by Gasteiger charge is 2.30. The van der Waals surface area contributed by atoms with Gasteiger partial charge in [0.15, 0.2) is 0 Å². The van der Waals surface area contributed by atoms with Crippen molar-refractivity contribution >= 4 is 0 Å². The van der Waals surface area contributed by atoms with Gasteiger partial charge >= 0.3 is 0 Å². The highest BCUT2D eigenvalue weighted by molar-refractivity contribution is 5.30. The number of benzene rings is 1. The van der Waals surface area contributed by atoms with Crippen molar-refractivity contribution in [3.05, 3.63) is 42.5 Å². The molecule has 18 heavy (non-hydrogen) atoms. The molecule has 0 amide bonds. The molecule has 0 heterocycles. The molecule has 0 bridgehead atoms. The van der Waals surface area contributed by atoms with Crippen molar-refractivity contribution in [2.45, 2.75) is 44.2 Å². The van der Waals surface area contributed by atoms with Crippen LogP contribution in [0.2, 0.25) is 0 Å². The lowest BCUT2D eigenvalue weighted by atomic mass is 9.75. The van der Waals surface area contributed by atoms with Gasteiger partial charge in [-0.3, -0.25) is 0 Å². The van der Waals surface area contributed by atoms with Crippen LogP contribution in [-0.4, -0.2) is 19.2 Å². The number of hydrogen-bond acceptors (Lipinski definition) is 2. The summed E-state index contributed by atoms with van der Waals surface area (Å²) < 4.78 is 5.18. The Kier molecular flexibility index (Phi) is 4.43. The molecule has 1 aromatic carbocycles. The molecular formula is C16H23NO. The Balaban J connectivity index is 1.79. The maximum atomic E-state index is 5.18. The van der Waals surface area contributed by atoms with Crippen molar-refractivity contribution in [3.63, 3.8) is 0 Å². The van der Waals surface area contributed by atoms with Crippen LogP contribution in [0.4, 0.5) is 0 Å². The summed E-state index contributed by atoms with van der Waals surface area (Å²) in [5.41, 5.74) is 1.44. The van der Waals surface area contributed by atoms with Crippen LogP contribution < -0.4 is 10.1 Å². The zero-order chi connectivity index (χ0) is 13.0. The highest BCUT2D eigenvalue weighted by Crippen LogP contribution is 2.37. The van der Waals surface area contributed by atoms with E-state index in [9.17, 15) is 0 Å². The molecule has 1 aliphatic carbocycles. The molecule has 1 N–H and O–H groups in total. The van der Waals surface area contributed by atoms with Crippen molar-refractivity contribution in [1.82, 2.24) is 5.32 Å². The third-order valence-electron chi connectivity index (χ3n) is 3.77. The SMILES string of the molecule is C=CCC(C)NC1CC(c2ccc(OC)cc2)C1. The summed E-state index contributed by atoms with van der Waals surface area (Å²) in [5, 5.41) is 3.64. The molecule has 1 atom stereocenters. The van der Waals surface area contributed by atoms with E-state index in [4.69, 9.17) is 4.74 Å². The van der Waals surface area contributed by atoms with Crippen LogP contribution in [0.15, 0.2) is 36.9 Å². The molecular weight excluding hydrogens is 222 g/mol. The largest absolute Gasteiger partial charge is 0.497 e. The summed E-state index contributed by atoms with van der Waals surface area (Å²) in [7, 11) is 1.71. The van der Waals surface area contributed by atoms with Gasteiger partial charge in [0.2, 0.25) is 0 Å². The minimum atomic E-state index is 0.546. The number of ether oxygens (including phenoxy) is 1. The van der Waals surface area contributed by atoms with Crippen LogP contribution in [0.3, 0.4) is 0 Å². The summed E-state index contributed by atoms with van der Waals surface area (Å²) in [5.74, 6) is 1.65. The van der Waals surface area contributed by atoms with Crippen molar-refractivity contribution in [3.8, 4) is 5.75 Å². The van der Waals surface area contributed by atoms with Gasteiger partial charge in [-0.15, -0.1) is 6.58 Å². The second-order valence-electron chi connectivity index (χ2n) is 5.23. The predicted octanol–water partition coefficient (Wildman–Crippen LogP) is 3.50. The first-order chi connectivity index (χ1) is 8.72. The van der Waals surface area contributed by atoms with Crippen LogP contribution in [0.5, 0.6) is 5.75 Å². The Morgan fingerprint density at radius 3 is 2.61 bits per heavy atom. The third-order valence-corrected chi connectivity index (χ3v) is 3.77. The number of hydrogen-bond donors (Lipinski definition) is 1. The maximum Gasteiger partial charge on any atom is 0.118 e. The van der Waals surface area contributed by atoms with E-state index in [0.717, 1.165) is 12.2 Å². The molecule has 0 aliphatic heterocycles. The zero-order valence-corrected chi connectivity index (χ0v) is 11.4. The van der Waals surface area contributed by atoms with Gasteiger partial charge in [-0.1, -0.05) is 18.2 Å². The molecule has 2 nitrogen and oxygen atoms in total. The van der Waals surface area contributed by atoms with Gasteiger partial charge in [0.05, 0.1) is 7.11 Å². The van der Waals surface area contributed by atoms with Crippen LogP contribution in [0.1, 0.15) is 37.7 Å². The summed E-state index contributed by atoms with van der Waals surface area (Å²) in [6.07, 6.45) is 5.52. The fourth-order valence-corrected chi connectivity index (χ4v) is 2.62. The Labute approximate surface area is 110 Å². The number of nitrogens with one attached hydrogen (secondary N) is 1. The van der Waals surface area contributed by atoms with Gasteiger partial charge in [0.1, 0.15) is 5.75 Å². The minimum Gasteiger partial charge on any atom is -0.497 e. The minimum absolute atomic E-state index is 0.546. The highest BCUT2D eigenvalue weighted by atomic mass is 16.5.